The van der Waals surface area contributed by atoms with Crippen LogP contribution in [0.15, 0.2) is 47.4 Å². The minimum Gasteiger partial charge on any atom is -0.364 e. The Morgan fingerprint density at radius 2 is 1.70 bits per heavy atom. The van der Waals surface area contributed by atoms with Gasteiger partial charge in [-0.05, 0) is 36.8 Å². The van der Waals surface area contributed by atoms with Crippen molar-refractivity contribution in [1.29, 1.82) is 0 Å². The Kier molecular flexibility index (Phi) is 4.65. The van der Waals surface area contributed by atoms with Crippen LogP contribution in [0.25, 0.3) is 0 Å². The minimum absolute atomic E-state index is 0.0968. The Balaban J connectivity index is 2.18. The highest BCUT2D eigenvalue weighted by atomic mass is 32.2. The summed E-state index contributed by atoms with van der Waals surface area (Å²) in [5.41, 5.74) is -0.237. The number of benzene rings is 1. The molecule has 0 fully saturated rings. The van der Waals surface area contributed by atoms with E-state index in [2.05, 4.69) is 10.3 Å². The molecule has 0 radical (unpaired) electrons. The molecule has 124 valence electrons. The molecule has 0 aliphatic carbocycles. The molecule has 1 aromatic heterocycles. The van der Waals surface area contributed by atoms with Gasteiger partial charge in [-0.25, -0.2) is 13.4 Å². The predicted octanol–water partition coefficient (Wildman–Crippen LogP) is 3.68. The average Bonchev–Trinajstić information content (AvgIpc) is 2.46. The molecule has 0 aliphatic rings. The van der Waals surface area contributed by atoms with Crippen LogP contribution in [0.5, 0.6) is 0 Å². The number of hydrogen-bond donors (Lipinski definition) is 1. The molecule has 0 spiro atoms. The molecule has 0 amide bonds. The van der Waals surface area contributed by atoms with Gasteiger partial charge in [-0.1, -0.05) is 18.2 Å². The molecule has 1 N–H and O–H groups in total. The van der Waals surface area contributed by atoms with E-state index in [9.17, 15) is 21.6 Å². The number of alkyl halides is 3. The quantitative estimate of drug-likeness (QED) is 0.919. The first-order valence-corrected chi connectivity index (χ1v) is 8.57. The second kappa shape index (κ2) is 6.19. The van der Waals surface area contributed by atoms with Gasteiger partial charge in [0.25, 0.3) is 0 Å². The summed E-state index contributed by atoms with van der Waals surface area (Å²) < 4.78 is 60.7. The van der Waals surface area contributed by atoms with Gasteiger partial charge in [0.2, 0.25) is 0 Å². The molecule has 1 unspecified atom stereocenters. The van der Waals surface area contributed by atoms with E-state index in [0.29, 0.717) is 0 Å². The highest BCUT2D eigenvalue weighted by Crippen LogP contribution is 2.29. The van der Waals surface area contributed by atoms with Crippen LogP contribution in [0.2, 0.25) is 0 Å². The van der Waals surface area contributed by atoms with Crippen LogP contribution < -0.4 is 5.32 Å². The molecule has 23 heavy (non-hydrogen) atoms. The first-order valence-electron chi connectivity index (χ1n) is 6.68. The van der Waals surface area contributed by atoms with Crippen molar-refractivity contribution in [2.24, 2.45) is 0 Å². The number of hydrogen-bond acceptors (Lipinski definition) is 4. The van der Waals surface area contributed by atoms with Crippen molar-refractivity contribution in [2.45, 2.75) is 24.0 Å². The number of aromatic nitrogens is 1. The summed E-state index contributed by atoms with van der Waals surface area (Å²) in [4.78, 5) is 3.72. The third-order valence-electron chi connectivity index (χ3n) is 3.21. The summed E-state index contributed by atoms with van der Waals surface area (Å²) in [5.74, 6) is 0.0968. The molecule has 0 aliphatic heterocycles. The summed E-state index contributed by atoms with van der Waals surface area (Å²) in [6, 6.07) is 9.43. The summed E-state index contributed by atoms with van der Waals surface area (Å²) >= 11 is 0. The molecule has 1 atom stereocenters. The Bertz CT molecular complexity index is 787. The Morgan fingerprint density at radius 3 is 2.22 bits per heavy atom. The van der Waals surface area contributed by atoms with E-state index in [0.717, 1.165) is 17.9 Å². The van der Waals surface area contributed by atoms with Crippen molar-refractivity contribution < 1.29 is 21.6 Å². The molecule has 0 bridgehead atoms. The molecular formula is C15H15F3N2O2S. The fraction of sp³-hybridized carbons (Fsp3) is 0.267. The lowest BCUT2D eigenvalue weighted by atomic mass is 10.1. The molecule has 2 rings (SSSR count). The number of rotatable bonds is 4. The van der Waals surface area contributed by atoms with Crippen molar-refractivity contribution in [3.05, 3.63) is 53.7 Å². The zero-order valence-electron chi connectivity index (χ0n) is 12.4. The SMILES string of the molecule is CC(Nc1cccc(C(F)(F)F)n1)c1ccc(S(C)(=O)=O)cc1. The van der Waals surface area contributed by atoms with Crippen LogP contribution in [-0.2, 0) is 16.0 Å². The molecule has 4 nitrogen and oxygen atoms in total. The zero-order valence-corrected chi connectivity index (χ0v) is 13.2. The van der Waals surface area contributed by atoms with Crippen LogP contribution in [0.1, 0.15) is 24.2 Å². The summed E-state index contributed by atoms with van der Waals surface area (Å²) in [5, 5.41) is 2.87. The molecule has 0 saturated carbocycles. The van der Waals surface area contributed by atoms with Crippen molar-refractivity contribution in [1.82, 2.24) is 4.98 Å². The van der Waals surface area contributed by atoms with Crippen molar-refractivity contribution in [3.63, 3.8) is 0 Å². The van der Waals surface area contributed by atoms with Crippen LogP contribution in [0.4, 0.5) is 19.0 Å². The predicted molar refractivity (Wildman–Crippen MR) is 80.8 cm³/mol. The fourth-order valence-corrected chi connectivity index (χ4v) is 2.61. The largest absolute Gasteiger partial charge is 0.433 e. The number of halogens is 3. The van der Waals surface area contributed by atoms with Crippen molar-refractivity contribution >= 4 is 15.7 Å². The molecule has 0 saturated heterocycles. The minimum atomic E-state index is -4.50. The maximum absolute atomic E-state index is 12.6. The van der Waals surface area contributed by atoms with Gasteiger partial charge < -0.3 is 5.32 Å². The average molecular weight is 344 g/mol. The topological polar surface area (TPSA) is 59.1 Å². The van der Waals surface area contributed by atoms with Gasteiger partial charge in [0.15, 0.2) is 9.84 Å². The second-order valence-electron chi connectivity index (χ2n) is 5.11. The van der Waals surface area contributed by atoms with Crippen molar-refractivity contribution in [2.75, 3.05) is 11.6 Å². The van der Waals surface area contributed by atoms with Crippen LogP contribution in [0, 0.1) is 0 Å². The fourth-order valence-electron chi connectivity index (χ4n) is 1.98. The summed E-state index contributed by atoms with van der Waals surface area (Å²) in [6.07, 6.45) is -3.39. The lowest BCUT2D eigenvalue weighted by Crippen LogP contribution is -2.12. The lowest BCUT2D eigenvalue weighted by molar-refractivity contribution is -0.141. The molecule has 2 aromatic rings. The van der Waals surface area contributed by atoms with E-state index in [1.165, 1.54) is 24.3 Å². The maximum atomic E-state index is 12.6. The smallest absolute Gasteiger partial charge is 0.364 e. The number of nitrogens with one attached hydrogen (secondary N) is 1. The van der Waals surface area contributed by atoms with Crippen LogP contribution in [-0.4, -0.2) is 19.7 Å². The molecule has 8 heteroatoms. The van der Waals surface area contributed by atoms with Crippen LogP contribution >= 0.6 is 0 Å². The first-order chi connectivity index (χ1) is 10.6. The van der Waals surface area contributed by atoms with Gasteiger partial charge in [0, 0.05) is 12.3 Å². The number of anilines is 1. The van der Waals surface area contributed by atoms with Gasteiger partial charge in [-0.2, -0.15) is 13.2 Å². The normalized spacial score (nSPS) is 13.6. The van der Waals surface area contributed by atoms with E-state index < -0.39 is 21.7 Å². The standard InChI is InChI=1S/C15H15F3N2O2S/c1-10(11-6-8-12(9-7-11)23(2,21)22)19-14-5-3-4-13(20-14)15(16,17)18/h3-10H,1-2H3,(H,19,20). The third kappa shape index (κ3) is 4.44. The molecule has 1 aromatic carbocycles. The number of nitrogens with zero attached hydrogens (tertiary/aromatic N) is 1. The summed E-state index contributed by atoms with van der Waals surface area (Å²) in [7, 11) is -3.28. The number of sulfone groups is 1. The molecule has 1 heterocycles. The molecular weight excluding hydrogens is 329 g/mol. The van der Waals surface area contributed by atoms with Gasteiger partial charge in [-0.15, -0.1) is 0 Å². The van der Waals surface area contributed by atoms with E-state index in [-0.39, 0.29) is 16.8 Å². The third-order valence-corrected chi connectivity index (χ3v) is 4.34. The lowest BCUT2D eigenvalue weighted by Gasteiger charge is -2.16. The van der Waals surface area contributed by atoms with E-state index >= 15 is 0 Å². The van der Waals surface area contributed by atoms with Gasteiger partial charge in [-0.3, -0.25) is 0 Å². The van der Waals surface area contributed by atoms with Gasteiger partial charge in [0.05, 0.1) is 4.90 Å². The van der Waals surface area contributed by atoms with E-state index in [4.69, 9.17) is 0 Å². The van der Waals surface area contributed by atoms with E-state index in [1.54, 1.807) is 19.1 Å². The second-order valence-corrected chi connectivity index (χ2v) is 7.13. The number of pyridine rings is 1. The van der Waals surface area contributed by atoms with E-state index in [1.807, 2.05) is 0 Å². The summed E-state index contributed by atoms with van der Waals surface area (Å²) in [6.45, 7) is 1.75. The van der Waals surface area contributed by atoms with Gasteiger partial charge in [0.1, 0.15) is 11.5 Å². The van der Waals surface area contributed by atoms with Crippen molar-refractivity contribution in [3.8, 4) is 0 Å². The zero-order chi connectivity index (χ0) is 17.3. The van der Waals surface area contributed by atoms with Crippen LogP contribution in [0.3, 0.4) is 0 Å². The van der Waals surface area contributed by atoms with Gasteiger partial charge >= 0.3 is 6.18 Å². The monoisotopic (exact) mass is 344 g/mol. The highest BCUT2D eigenvalue weighted by molar-refractivity contribution is 7.90. The maximum Gasteiger partial charge on any atom is 0.433 e. The Labute approximate surface area is 132 Å². The Hall–Kier alpha value is -2.09. The first kappa shape index (κ1) is 17.3. The highest BCUT2D eigenvalue weighted by Gasteiger charge is 2.32. The Morgan fingerprint density at radius 1 is 1.09 bits per heavy atom.